The van der Waals surface area contributed by atoms with Gasteiger partial charge in [-0.3, -0.25) is 0 Å². The molecule has 1 aliphatic rings. The molecule has 0 radical (unpaired) electrons. The van der Waals surface area contributed by atoms with E-state index in [1.165, 1.54) is 18.4 Å². The Kier molecular flexibility index (Phi) is 2.81. The van der Waals surface area contributed by atoms with Crippen LogP contribution < -0.4 is 10.6 Å². The van der Waals surface area contributed by atoms with E-state index in [2.05, 4.69) is 22.0 Å². The van der Waals surface area contributed by atoms with Crippen molar-refractivity contribution in [3.63, 3.8) is 0 Å². The zero-order chi connectivity index (χ0) is 14.2. The van der Waals surface area contributed by atoms with E-state index in [4.69, 9.17) is 10.2 Å². The van der Waals surface area contributed by atoms with Gasteiger partial charge in [0.15, 0.2) is 5.58 Å². The summed E-state index contributed by atoms with van der Waals surface area (Å²) < 4.78 is 5.92. The summed E-state index contributed by atoms with van der Waals surface area (Å²) in [5.41, 5.74) is 9.51. The van der Waals surface area contributed by atoms with Gasteiger partial charge in [0.05, 0.1) is 0 Å². The SMILES string of the molecule is Nc1ccc(CN(c2nc3ccccc3o2)C2CC2)cc1. The number of hydrogen-bond donors (Lipinski definition) is 1. The molecular formula is C17H17N3O. The van der Waals surface area contributed by atoms with Crippen molar-refractivity contribution < 1.29 is 4.42 Å². The van der Waals surface area contributed by atoms with E-state index in [9.17, 15) is 0 Å². The maximum absolute atomic E-state index is 5.92. The molecule has 1 aliphatic carbocycles. The van der Waals surface area contributed by atoms with E-state index in [0.29, 0.717) is 6.04 Å². The summed E-state index contributed by atoms with van der Waals surface area (Å²) in [5, 5.41) is 0. The van der Waals surface area contributed by atoms with Crippen LogP contribution in [0.3, 0.4) is 0 Å². The van der Waals surface area contributed by atoms with Crippen molar-refractivity contribution in [2.45, 2.75) is 25.4 Å². The van der Waals surface area contributed by atoms with Crippen LogP contribution in [0.15, 0.2) is 52.9 Å². The Labute approximate surface area is 123 Å². The zero-order valence-corrected chi connectivity index (χ0v) is 11.7. The lowest BCUT2D eigenvalue weighted by Crippen LogP contribution is -2.25. The highest BCUT2D eigenvalue weighted by Gasteiger charge is 2.32. The second kappa shape index (κ2) is 4.81. The Morgan fingerprint density at radius 3 is 2.57 bits per heavy atom. The number of benzene rings is 2. The van der Waals surface area contributed by atoms with E-state index in [-0.39, 0.29) is 0 Å². The highest BCUT2D eigenvalue weighted by molar-refractivity contribution is 5.74. The van der Waals surface area contributed by atoms with Crippen molar-refractivity contribution in [2.24, 2.45) is 0 Å². The van der Waals surface area contributed by atoms with E-state index >= 15 is 0 Å². The maximum atomic E-state index is 5.92. The van der Waals surface area contributed by atoms with E-state index in [1.807, 2.05) is 36.4 Å². The van der Waals surface area contributed by atoms with Crippen LogP contribution in [0.25, 0.3) is 11.1 Å². The Hall–Kier alpha value is -2.49. The quantitative estimate of drug-likeness (QED) is 0.742. The van der Waals surface area contributed by atoms with Crippen molar-refractivity contribution >= 4 is 22.8 Å². The number of para-hydroxylation sites is 2. The molecule has 1 fully saturated rings. The first-order valence-corrected chi connectivity index (χ1v) is 7.26. The Morgan fingerprint density at radius 1 is 1.10 bits per heavy atom. The number of rotatable bonds is 4. The summed E-state index contributed by atoms with van der Waals surface area (Å²) in [4.78, 5) is 6.88. The highest BCUT2D eigenvalue weighted by Crippen LogP contribution is 2.34. The van der Waals surface area contributed by atoms with Gasteiger partial charge >= 0.3 is 0 Å². The number of aromatic nitrogens is 1. The standard InChI is InChI=1S/C17H17N3O/c18-13-7-5-12(6-8-13)11-20(14-9-10-14)17-19-15-3-1-2-4-16(15)21-17/h1-8,14H,9-11,18H2. The minimum atomic E-state index is 0.538. The molecule has 1 aromatic heterocycles. The number of oxazole rings is 1. The van der Waals surface area contributed by atoms with Crippen LogP contribution in [0, 0.1) is 0 Å². The van der Waals surface area contributed by atoms with E-state index in [1.54, 1.807) is 0 Å². The second-order valence-electron chi connectivity index (χ2n) is 5.56. The molecule has 4 heteroatoms. The molecule has 0 saturated heterocycles. The molecule has 0 atom stereocenters. The topological polar surface area (TPSA) is 55.3 Å². The monoisotopic (exact) mass is 279 g/mol. The summed E-state index contributed by atoms with van der Waals surface area (Å²) in [7, 11) is 0. The Balaban J connectivity index is 1.66. The molecule has 4 nitrogen and oxygen atoms in total. The van der Waals surface area contributed by atoms with Gasteiger partial charge < -0.3 is 15.1 Å². The number of nitrogen functional groups attached to an aromatic ring is 1. The number of nitrogens with two attached hydrogens (primary N) is 1. The molecule has 0 unspecified atom stereocenters. The molecule has 106 valence electrons. The van der Waals surface area contributed by atoms with Crippen LogP contribution >= 0.6 is 0 Å². The molecular weight excluding hydrogens is 262 g/mol. The normalized spacial score (nSPS) is 14.5. The lowest BCUT2D eigenvalue weighted by Gasteiger charge is -2.20. The average molecular weight is 279 g/mol. The Morgan fingerprint density at radius 2 is 1.86 bits per heavy atom. The molecule has 3 aromatic rings. The van der Waals surface area contributed by atoms with Gasteiger partial charge in [0.1, 0.15) is 5.52 Å². The maximum Gasteiger partial charge on any atom is 0.298 e. The van der Waals surface area contributed by atoms with Gasteiger partial charge in [-0.2, -0.15) is 4.98 Å². The summed E-state index contributed by atoms with van der Waals surface area (Å²) in [6, 6.07) is 17.1. The van der Waals surface area contributed by atoms with Gasteiger partial charge in [-0.15, -0.1) is 0 Å². The van der Waals surface area contributed by atoms with E-state index in [0.717, 1.165) is 29.3 Å². The smallest absolute Gasteiger partial charge is 0.298 e. The highest BCUT2D eigenvalue weighted by atomic mass is 16.4. The molecule has 0 aliphatic heterocycles. The van der Waals surface area contributed by atoms with Gasteiger partial charge in [0.25, 0.3) is 6.01 Å². The van der Waals surface area contributed by atoms with Crippen LogP contribution in [0.5, 0.6) is 0 Å². The van der Waals surface area contributed by atoms with Gasteiger partial charge in [0, 0.05) is 18.3 Å². The van der Waals surface area contributed by atoms with Gasteiger partial charge in [-0.25, -0.2) is 0 Å². The summed E-state index contributed by atoms with van der Waals surface area (Å²) >= 11 is 0. The van der Waals surface area contributed by atoms with Gasteiger partial charge in [-0.1, -0.05) is 24.3 Å². The number of hydrogen-bond acceptors (Lipinski definition) is 4. The molecule has 0 bridgehead atoms. The van der Waals surface area contributed by atoms with E-state index < -0.39 is 0 Å². The predicted octanol–water partition coefficient (Wildman–Crippen LogP) is 3.58. The molecule has 1 heterocycles. The minimum absolute atomic E-state index is 0.538. The Bertz CT molecular complexity index is 726. The zero-order valence-electron chi connectivity index (χ0n) is 11.7. The summed E-state index contributed by atoms with van der Waals surface area (Å²) in [5.74, 6) is 0. The fourth-order valence-electron chi connectivity index (χ4n) is 2.54. The van der Waals surface area contributed by atoms with Crippen LogP contribution in [0.4, 0.5) is 11.7 Å². The average Bonchev–Trinajstić information content (AvgIpc) is 3.24. The van der Waals surface area contributed by atoms with Gasteiger partial charge in [-0.05, 0) is 42.7 Å². The molecule has 21 heavy (non-hydrogen) atoms. The van der Waals surface area contributed by atoms with Gasteiger partial charge in [0.2, 0.25) is 0 Å². The molecule has 0 amide bonds. The molecule has 1 saturated carbocycles. The van der Waals surface area contributed by atoms with Crippen molar-refractivity contribution in [1.29, 1.82) is 0 Å². The molecule has 2 aromatic carbocycles. The molecule has 4 rings (SSSR count). The first-order valence-electron chi connectivity index (χ1n) is 7.26. The molecule has 0 spiro atoms. The molecule has 2 N–H and O–H groups in total. The third kappa shape index (κ3) is 2.44. The third-order valence-electron chi connectivity index (χ3n) is 3.85. The second-order valence-corrected chi connectivity index (χ2v) is 5.56. The van der Waals surface area contributed by atoms with Crippen molar-refractivity contribution in [2.75, 3.05) is 10.6 Å². The number of fused-ring (bicyclic) bond motifs is 1. The third-order valence-corrected chi connectivity index (χ3v) is 3.85. The lowest BCUT2D eigenvalue weighted by molar-refractivity contribution is 0.561. The van der Waals surface area contributed by atoms with Crippen molar-refractivity contribution in [3.8, 4) is 0 Å². The number of anilines is 2. The van der Waals surface area contributed by atoms with Crippen LogP contribution in [-0.4, -0.2) is 11.0 Å². The largest absolute Gasteiger partial charge is 0.423 e. The predicted molar refractivity (Wildman–Crippen MR) is 84.1 cm³/mol. The summed E-state index contributed by atoms with van der Waals surface area (Å²) in [6.45, 7) is 0.803. The first kappa shape index (κ1) is 12.3. The van der Waals surface area contributed by atoms with Crippen molar-refractivity contribution in [3.05, 3.63) is 54.1 Å². The first-order chi connectivity index (χ1) is 10.3. The lowest BCUT2D eigenvalue weighted by atomic mass is 10.2. The number of nitrogens with zero attached hydrogens (tertiary/aromatic N) is 2. The fourth-order valence-corrected chi connectivity index (χ4v) is 2.54. The van der Waals surface area contributed by atoms with Crippen molar-refractivity contribution in [1.82, 2.24) is 4.98 Å². The fraction of sp³-hybridized carbons (Fsp3) is 0.235. The summed E-state index contributed by atoms with van der Waals surface area (Å²) in [6.07, 6.45) is 2.40. The van der Waals surface area contributed by atoms with Crippen LogP contribution in [0.2, 0.25) is 0 Å². The van der Waals surface area contributed by atoms with Crippen LogP contribution in [-0.2, 0) is 6.54 Å². The van der Waals surface area contributed by atoms with Crippen LogP contribution in [0.1, 0.15) is 18.4 Å². The minimum Gasteiger partial charge on any atom is -0.423 e.